The number of nitrogens with zero attached hydrogens (tertiary/aromatic N) is 1. The van der Waals surface area contributed by atoms with Crippen molar-refractivity contribution in [2.45, 2.75) is 12.8 Å². The molecule has 0 spiro atoms. The van der Waals surface area contributed by atoms with E-state index in [2.05, 4.69) is 28.4 Å². The first kappa shape index (κ1) is 10.6. The summed E-state index contributed by atoms with van der Waals surface area (Å²) in [5.74, 6) is 4.11. The zero-order chi connectivity index (χ0) is 11.7. The molecule has 86 valence electrons. The Labute approximate surface area is 102 Å². The van der Waals surface area contributed by atoms with Crippen molar-refractivity contribution in [2.75, 3.05) is 13.1 Å². The SMILES string of the molecule is C#Cc1cncc(C2=CCC[C@H]3CNC[C@@H]23)c1. The second-order valence-corrected chi connectivity index (χ2v) is 4.87. The van der Waals surface area contributed by atoms with Gasteiger partial charge in [-0.3, -0.25) is 4.98 Å². The van der Waals surface area contributed by atoms with Crippen LogP contribution in [0.3, 0.4) is 0 Å². The number of nitrogens with one attached hydrogen (secondary N) is 1. The van der Waals surface area contributed by atoms with Gasteiger partial charge in [0.05, 0.1) is 0 Å². The van der Waals surface area contributed by atoms with Gasteiger partial charge in [-0.25, -0.2) is 0 Å². The van der Waals surface area contributed by atoms with Crippen molar-refractivity contribution >= 4 is 5.57 Å². The summed E-state index contributed by atoms with van der Waals surface area (Å²) in [6.07, 6.45) is 14.0. The first-order valence-corrected chi connectivity index (χ1v) is 6.21. The van der Waals surface area contributed by atoms with Gasteiger partial charge in [0.1, 0.15) is 0 Å². The number of aromatic nitrogens is 1. The van der Waals surface area contributed by atoms with Gasteiger partial charge >= 0.3 is 0 Å². The van der Waals surface area contributed by atoms with E-state index in [1.807, 2.05) is 6.20 Å². The van der Waals surface area contributed by atoms with E-state index < -0.39 is 0 Å². The van der Waals surface area contributed by atoms with Gasteiger partial charge in [-0.15, -0.1) is 6.42 Å². The highest BCUT2D eigenvalue weighted by molar-refractivity contribution is 5.69. The van der Waals surface area contributed by atoms with Crippen molar-refractivity contribution in [2.24, 2.45) is 11.8 Å². The fourth-order valence-electron chi connectivity index (χ4n) is 3.01. The van der Waals surface area contributed by atoms with E-state index in [9.17, 15) is 0 Å². The Bertz CT molecular complexity index is 496. The summed E-state index contributed by atoms with van der Waals surface area (Å²) in [6.45, 7) is 2.25. The highest BCUT2D eigenvalue weighted by atomic mass is 14.9. The van der Waals surface area contributed by atoms with Crippen LogP contribution in [0, 0.1) is 24.2 Å². The second-order valence-electron chi connectivity index (χ2n) is 4.87. The molecule has 3 rings (SSSR count). The standard InChI is InChI=1S/C15H16N2/c1-2-11-6-13(9-16-7-11)14-5-3-4-12-8-17-10-15(12)14/h1,5-7,9,12,15,17H,3-4,8,10H2/t12-,15+/m0/s1. The molecule has 1 aliphatic carbocycles. The molecular weight excluding hydrogens is 208 g/mol. The molecule has 0 saturated carbocycles. The van der Waals surface area contributed by atoms with Crippen molar-refractivity contribution < 1.29 is 0 Å². The molecule has 17 heavy (non-hydrogen) atoms. The summed E-state index contributed by atoms with van der Waals surface area (Å²) in [5.41, 5.74) is 3.52. The highest BCUT2D eigenvalue weighted by Crippen LogP contribution is 2.38. The number of fused-ring (bicyclic) bond motifs is 1. The van der Waals surface area contributed by atoms with Gasteiger partial charge in [0, 0.05) is 30.4 Å². The Balaban J connectivity index is 1.97. The van der Waals surface area contributed by atoms with Crippen molar-refractivity contribution in [3.05, 3.63) is 35.7 Å². The minimum Gasteiger partial charge on any atom is -0.316 e. The van der Waals surface area contributed by atoms with Gasteiger partial charge in [-0.1, -0.05) is 12.0 Å². The van der Waals surface area contributed by atoms with Crippen LogP contribution in [-0.2, 0) is 0 Å². The first-order valence-electron chi connectivity index (χ1n) is 6.21. The molecule has 2 nitrogen and oxygen atoms in total. The normalized spacial score (nSPS) is 27.1. The molecule has 1 aromatic heterocycles. The first-order chi connectivity index (χ1) is 8.38. The van der Waals surface area contributed by atoms with Crippen LogP contribution in [0.4, 0.5) is 0 Å². The number of rotatable bonds is 1. The van der Waals surface area contributed by atoms with E-state index in [0.717, 1.165) is 24.6 Å². The summed E-state index contributed by atoms with van der Waals surface area (Å²) < 4.78 is 0. The zero-order valence-corrected chi connectivity index (χ0v) is 9.82. The zero-order valence-electron chi connectivity index (χ0n) is 9.82. The third-order valence-corrected chi connectivity index (χ3v) is 3.88. The smallest absolute Gasteiger partial charge is 0.0432 e. The molecule has 0 bridgehead atoms. The van der Waals surface area contributed by atoms with Crippen molar-refractivity contribution in [1.82, 2.24) is 10.3 Å². The summed E-state index contributed by atoms with van der Waals surface area (Å²) in [6, 6.07) is 2.08. The second kappa shape index (κ2) is 4.35. The third-order valence-electron chi connectivity index (χ3n) is 3.88. The monoisotopic (exact) mass is 224 g/mol. The van der Waals surface area contributed by atoms with Gasteiger partial charge in [0.15, 0.2) is 0 Å². The number of hydrogen-bond donors (Lipinski definition) is 1. The lowest BCUT2D eigenvalue weighted by Crippen LogP contribution is -2.18. The van der Waals surface area contributed by atoms with Crippen molar-refractivity contribution in [3.63, 3.8) is 0 Å². The predicted molar refractivity (Wildman–Crippen MR) is 69.2 cm³/mol. The maximum atomic E-state index is 5.43. The van der Waals surface area contributed by atoms with Crippen LogP contribution >= 0.6 is 0 Å². The molecule has 1 aromatic rings. The minimum atomic E-state index is 0.651. The topological polar surface area (TPSA) is 24.9 Å². The van der Waals surface area contributed by atoms with E-state index in [1.54, 1.807) is 6.20 Å². The van der Waals surface area contributed by atoms with Crippen LogP contribution in [0.5, 0.6) is 0 Å². The molecule has 1 N–H and O–H groups in total. The lowest BCUT2D eigenvalue weighted by atomic mass is 9.78. The number of pyridine rings is 1. The van der Waals surface area contributed by atoms with Crippen molar-refractivity contribution in [1.29, 1.82) is 0 Å². The Morgan fingerprint density at radius 3 is 3.18 bits per heavy atom. The van der Waals surface area contributed by atoms with Gasteiger partial charge in [-0.05, 0) is 42.5 Å². The Morgan fingerprint density at radius 2 is 2.29 bits per heavy atom. The molecule has 1 aliphatic heterocycles. The van der Waals surface area contributed by atoms with Crippen LogP contribution in [0.2, 0.25) is 0 Å². The number of hydrogen-bond acceptors (Lipinski definition) is 2. The molecule has 1 saturated heterocycles. The third kappa shape index (κ3) is 1.87. The van der Waals surface area contributed by atoms with Crippen LogP contribution in [-0.4, -0.2) is 18.1 Å². The molecule has 0 amide bonds. The summed E-state index contributed by atoms with van der Waals surface area (Å²) in [4.78, 5) is 4.24. The molecule has 0 aromatic carbocycles. The Morgan fingerprint density at radius 1 is 1.35 bits per heavy atom. The molecule has 0 unspecified atom stereocenters. The molecule has 2 heterocycles. The van der Waals surface area contributed by atoms with Crippen molar-refractivity contribution in [3.8, 4) is 12.3 Å². The van der Waals surface area contributed by atoms with Crippen LogP contribution in [0.1, 0.15) is 24.0 Å². The minimum absolute atomic E-state index is 0.651. The lowest BCUT2D eigenvalue weighted by Gasteiger charge is -2.26. The Kier molecular flexibility index (Phi) is 2.70. The number of allylic oxidation sites excluding steroid dienone is 1. The summed E-state index contributed by atoms with van der Waals surface area (Å²) >= 11 is 0. The van der Waals surface area contributed by atoms with Crippen LogP contribution in [0.25, 0.3) is 5.57 Å². The van der Waals surface area contributed by atoms with Gasteiger partial charge < -0.3 is 5.32 Å². The number of terminal acetylenes is 1. The molecule has 2 atom stereocenters. The maximum absolute atomic E-state index is 5.43. The fraction of sp³-hybridized carbons (Fsp3) is 0.400. The average molecular weight is 224 g/mol. The molecule has 0 radical (unpaired) electrons. The quantitative estimate of drug-likeness (QED) is 0.739. The highest BCUT2D eigenvalue weighted by Gasteiger charge is 2.32. The van der Waals surface area contributed by atoms with Gasteiger partial charge in [0.25, 0.3) is 0 Å². The van der Waals surface area contributed by atoms with E-state index in [1.165, 1.54) is 24.0 Å². The molecule has 1 fully saturated rings. The lowest BCUT2D eigenvalue weighted by molar-refractivity contribution is 0.454. The van der Waals surface area contributed by atoms with E-state index >= 15 is 0 Å². The van der Waals surface area contributed by atoms with Crippen LogP contribution in [0.15, 0.2) is 24.5 Å². The van der Waals surface area contributed by atoms with Crippen LogP contribution < -0.4 is 5.32 Å². The summed E-state index contributed by atoms with van der Waals surface area (Å²) in [5, 5.41) is 3.49. The maximum Gasteiger partial charge on any atom is 0.0432 e. The average Bonchev–Trinajstić information content (AvgIpc) is 2.87. The van der Waals surface area contributed by atoms with E-state index in [0.29, 0.717) is 5.92 Å². The molecule has 2 heteroatoms. The van der Waals surface area contributed by atoms with Gasteiger partial charge in [-0.2, -0.15) is 0 Å². The molecular formula is C15H16N2. The summed E-state index contributed by atoms with van der Waals surface area (Å²) in [7, 11) is 0. The Hall–Kier alpha value is -1.59. The fourth-order valence-corrected chi connectivity index (χ4v) is 3.01. The predicted octanol–water partition coefficient (Wildman–Crippen LogP) is 2.08. The largest absolute Gasteiger partial charge is 0.316 e. The molecule has 2 aliphatic rings. The van der Waals surface area contributed by atoms with E-state index in [-0.39, 0.29) is 0 Å². The van der Waals surface area contributed by atoms with Gasteiger partial charge in [0.2, 0.25) is 0 Å². The van der Waals surface area contributed by atoms with E-state index in [4.69, 9.17) is 6.42 Å².